The zero-order valence-electron chi connectivity index (χ0n) is 11.7. The molecular weight excluding hydrogens is 254 g/mol. The van der Waals surface area contributed by atoms with E-state index in [1.54, 1.807) is 0 Å². The summed E-state index contributed by atoms with van der Waals surface area (Å²) in [5.41, 5.74) is 2.03. The summed E-state index contributed by atoms with van der Waals surface area (Å²) < 4.78 is 0. The molecule has 0 unspecified atom stereocenters. The number of carbonyl (C=O) groups is 1. The first-order chi connectivity index (χ1) is 9.38. The molecule has 1 aromatic carbocycles. The molecule has 1 heterocycles. The standard InChI is InChI=1S/C15H17N3O2/c1-15(2,3)10-6-4-5-7-11(10)18-13-9-16-12(8-17-13)14(19)20/h4-9H,1-3H3,(H,17,18)(H,19,20). The highest BCUT2D eigenvalue weighted by Gasteiger charge is 2.17. The van der Waals surface area contributed by atoms with Crippen LogP contribution in [0.1, 0.15) is 36.8 Å². The first-order valence-corrected chi connectivity index (χ1v) is 6.30. The van der Waals surface area contributed by atoms with Crippen molar-refractivity contribution in [3.8, 4) is 0 Å². The molecule has 0 amide bonds. The highest BCUT2D eigenvalue weighted by Crippen LogP contribution is 2.30. The number of nitrogens with one attached hydrogen (secondary N) is 1. The number of nitrogens with zero attached hydrogens (tertiary/aromatic N) is 2. The molecule has 1 aromatic heterocycles. The smallest absolute Gasteiger partial charge is 0.356 e. The number of hydrogen-bond donors (Lipinski definition) is 2. The van der Waals surface area contributed by atoms with Gasteiger partial charge in [0.25, 0.3) is 0 Å². The predicted molar refractivity (Wildman–Crippen MR) is 77.4 cm³/mol. The summed E-state index contributed by atoms with van der Waals surface area (Å²) >= 11 is 0. The lowest BCUT2D eigenvalue weighted by atomic mass is 9.86. The molecule has 2 aromatic rings. The van der Waals surface area contributed by atoms with Crippen molar-refractivity contribution < 1.29 is 9.90 Å². The van der Waals surface area contributed by atoms with E-state index in [9.17, 15) is 4.79 Å². The lowest BCUT2D eigenvalue weighted by molar-refractivity contribution is 0.0690. The maximum atomic E-state index is 10.7. The van der Waals surface area contributed by atoms with Crippen LogP contribution in [-0.4, -0.2) is 21.0 Å². The molecule has 0 aliphatic heterocycles. The molecule has 2 rings (SSSR count). The number of carboxylic acids is 1. The predicted octanol–water partition coefficient (Wildman–Crippen LogP) is 3.22. The molecule has 0 saturated carbocycles. The van der Waals surface area contributed by atoms with Crippen LogP contribution < -0.4 is 5.32 Å². The van der Waals surface area contributed by atoms with Gasteiger partial charge in [0.05, 0.1) is 12.4 Å². The van der Waals surface area contributed by atoms with Crippen molar-refractivity contribution in [1.82, 2.24) is 9.97 Å². The number of carboxylic acid groups (broad SMARTS) is 1. The summed E-state index contributed by atoms with van der Waals surface area (Å²) in [4.78, 5) is 18.6. The van der Waals surface area contributed by atoms with Gasteiger partial charge in [-0.2, -0.15) is 0 Å². The quantitative estimate of drug-likeness (QED) is 0.896. The van der Waals surface area contributed by atoms with E-state index in [1.807, 2.05) is 18.2 Å². The van der Waals surface area contributed by atoms with E-state index in [-0.39, 0.29) is 11.1 Å². The fraction of sp³-hybridized carbons (Fsp3) is 0.267. The molecule has 20 heavy (non-hydrogen) atoms. The third-order valence-corrected chi connectivity index (χ3v) is 2.87. The maximum Gasteiger partial charge on any atom is 0.356 e. The molecule has 0 aliphatic carbocycles. The SMILES string of the molecule is CC(C)(C)c1ccccc1Nc1cnc(C(=O)O)cn1. The van der Waals surface area contributed by atoms with Crippen LogP contribution in [0.4, 0.5) is 11.5 Å². The average Bonchev–Trinajstić information content (AvgIpc) is 2.38. The molecule has 0 radical (unpaired) electrons. The van der Waals surface area contributed by atoms with Crippen molar-refractivity contribution in [2.24, 2.45) is 0 Å². The van der Waals surface area contributed by atoms with Crippen molar-refractivity contribution in [2.75, 3.05) is 5.32 Å². The van der Waals surface area contributed by atoms with Crippen molar-refractivity contribution in [2.45, 2.75) is 26.2 Å². The Kier molecular flexibility index (Phi) is 3.70. The second-order valence-corrected chi connectivity index (χ2v) is 5.51. The van der Waals surface area contributed by atoms with E-state index in [1.165, 1.54) is 12.4 Å². The van der Waals surface area contributed by atoms with Crippen LogP contribution in [-0.2, 0) is 5.41 Å². The molecule has 0 saturated heterocycles. The van der Waals surface area contributed by atoms with Crippen molar-refractivity contribution >= 4 is 17.5 Å². The Bertz CT molecular complexity index is 616. The first kappa shape index (κ1) is 14.0. The van der Waals surface area contributed by atoms with Gasteiger partial charge in [-0.15, -0.1) is 0 Å². The van der Waals surface area contributed by atoms with E-state index in [0.29, 0.717) is 5.82 Å². The van der Waals surface area contributed by atoms with E-state index in [4.69, 9.17) is 5.11 Å². The van der Waals surface area contributed by atoms with Crippen LogP contribution in [0.15, 0.2) is 36.7 Å². The minimum absolute atomic E-state index is 0.00196. The van der Waals surface area contributed by atoms with Crippen LogP contribution >= 0.6 is 0 Å². The van der Waals surface area contributed by atoms with Gasteiger partial charge in [-0.25, -0.2) is 14.8 Å². The zero-order chi connectivity index (χ0) is 14.8. The summed E-state index contributed by atoms with van der Waals surface area (Å²) in [6.07, 6.45) is 2.66. The molecular formula is C15H17N3O2. The molecule has 5 nitrogen and oxygen atoms in total. The molecule has 0 fully saturated rings. The molecule has 0 aliphatic rings. The number of hydrogen-bond acceptors (Lipinski definition) is 4. The molecule has 0 bridgehead atoms. The number of rotatable bonds is 3. The van der Waals surface area contributed by atoms with Crippen LogP contribution in [0, 0.1) is 0 Å². The molecule has 2 N–H and O–H groups in total. The Hall–Kier alpha value is -2.43. The molecule has 0 spiro atoms. The van der Waals surface area contributed by atoms with Gasteiger partial charge in [-0.05, 0) is 17.0 Å². The Balaban J connectivity index is 2.28. The van der Waals surface area contributed by atoms with E-state index >= 15 is 0 Å². The number of anilines is 2. The number of benzene rings is 1. The molecule has 5 heteroatoms. The second-order valence-electron chi connectivity index (χ2n) is 5.51. The van der Waals surface area contributed by atoms with Crippen LogP contribution in [0.5, 0.6) is 0 Å². The maximum absolute atomic E-state index is 10.7. The monoisotopic (exact) mass is 271 g/mol. The number of aromatic nitrogens is 2. The van der Waals surface area contributed by atoms with E-state index < -0.39 is 5.97 Å². The van der Waals surface area contributed by atoms with Crippen LogP contribution in [0.25, 0.3) is 0 Å². The largest absolute Gasteiger partial charge is 0.476 e. The van der Waals surface area contributed by atoms with Gasteiger partial charge in [-0.3, -0.25) is 0 Å². The zero-order valence-corrected chi connectivity index (χ0v) is 11.7. The fourth-order valence-corrected chi connectivity index (χ4v) is 1.89. The van der Waals surface area contributed by atoms with Crippen molar-refractivity contribution in [1.29, 1.82) is 0 Å². The van der Waals surface area contributed by atoms with Crippen molar-refractivity contribution in [3.63, 3.8) is 0 Å². The van der Waals surface area contributed by atoms with Gasteiger partial charge in [0.1, 0.15) is 5.82 Å². The van der Waals surface area contributed by atoms with Gasteiger partial charge >= 0.3 is 5.97 Å². The van der Waals surface area contributed by atoms with Gasteiger partial charge in [-0.1, -0.05) is 39.0 Å². The van der Waals surface area contributed by atoms with Crippen LogP contribution in [0.3, 0.4) is 0 Å². The van der Waals surface area contributed by atoms with Crippen LogP contribution in [0.2, 0.25) is 0 Å². The summed E-state index contributed by atoms with van der Waals surface area (Å²) in [6, 6.07) is 7.95. The Morgan fingerprint density at radius 1 is 1.15 bits per heavy atom. The summed E-state index contributed by atoms with van der Waals surface area (Å²) in [5, 5.41) is 12.0. The summed E-state index contributed by atoms with van der Waals surface area (Å²) in [5.74, 6) is -0.564. The normalized spacial score (nSPS) is 11.2. The summed E-state index contributed by atoms with van der Waals surface area (Å²) in [7, 11) is 0. The number of para-hydroxylation sites is 1. The Morgan fingerprint density at radius 3 is 2.40 bits per heavy atom. The highest BCUT2D eigenvalue weighted by molar-refractivity contribution is 5.85. The third kappa shape index (κ3) is 3.12. The Labute approximate surface area is 117 Å². The Morgan fingerprint density at radius 2 is 1.85 bits per heavy atom. The van der Waals surface area contributed by atoms with Gasteiger partial charge in [0.2, 0.25) is 0 Å². The third-order valence-electron chi connectivity index (χ3n) is 2.87. The summed E-state index contributed by atoms with van der Waals surface area (Å²) in [6.45, 7) is 6.39. The van der Waals surface area contributed by atoms with Gasteiger partial charge in [0.15, 0.2) is 5.69 Å². The topological polar surface area (TPSA) is 75.1 Å². The lowest BCUT2D eigenvalue weighted by Gasteiger charge is -2.23. The molecule has 0 atom stereocenters. The van der Waals surface area contributed by atoms with E-state index in [0.717, 1.165) is 11.3 Å². The van der Waals surface area contributed by atoms with Gasteiger partial charge in [0, 0.05) is 5.69 Å². The lowest BCUT2D eigenvalue weighted by Crippen LogP contribution is -2.14. The minimum Gasteiger partial charge on any atom is -0.476 e. The average molecular weight is 271 g/mol. The second kappa shape index (κ2) is 5.28. The van der Waals surface area contributed by atoms with Gasteiger partial charge < -0.3 is 10.4 Å². The molecule has 104 valence electrons. The van der Waals surface area contributed by atoms with E-state index in [2.05, 4.69) is 42.1 Å². The first-order valence-electron chi connectivity index (χ1n) is 6.30. The highest BCUT2D eigenvalue weighted by atomic mass is 16.4. The fourth-order valence-electron chi connectivity index (χ4n) is 1.89. The number of aromatic carboxylic acids is 1. The van der Waals surface area contributed by atoms with Crippen molar-refractivity contribution in [3.05, 3.63) is 47.9 Å². The minimum atomic E-state index is -1.08.